The zero-order chi connectivity index (χ0) is 35.4. The van der Waals surface area contributed by atoms with Crippen molar-refractivity contribution in [3.63, 3.8) is 0 Å². The van der Waals surface area contributed by atoms with E-state index in [4.69, 9.17) is 0 Å². The Kier molecular flexibility index (Phi) is 9.72. The van der Waals surface area contributed by atoms with E-state index in [1.54, 1.807) is 19.1 Å². The molecule has 0 N–H and O–H groups in total. The van der Waals surface area contributed by atoms with E-state index in [1.807, 2.05) is 32.1 Å². The summed E-state index contributed by atoms with van der Waals surface area (Å²) in [5.74, 6) is -0.412. The summed E-state index contributed by atoms with van der Waals surface area (Å²) in [5, 5.41) is 10.0. The van der Waals surface area contributed by atoms with Crippen molar-refractivity contribution in [3.05, 3.63) is 47.0 Å². The van der Waals surface area contributed by atoms with Crippen LogP contribution in [-0.4, -0.2) is 34.8 Å². The molecule has 1 aromatic rings. The van der Waals surface area contributed by atoms with Crippen molar-refractivity contribution in [1.82, 2.24) is 4.90 Å². The topological polar surface area (TPSA) is 95.3 Å². The molecule has 5 atom stereocenters. The second kappa shape index (κ2) is 12.4. The Morgan fingerprint density at radius 3 is 2.00 bits per heavy atom. The maximum absolute atomic E-state index is 13.5. The standard InChI is InChI=1S/C41H58N2O4/c1-12-36(3,4)19-21-39(9,26-43-34(46)29-15-13-14-16-30(29)35(43)47)22-20-37(5,6)41(11)18-17-31-38(7,8)33(45)28(25-42)24-40(31,10)32(41)23-27(2)44/h13-16,24,31-32H,12,17-23,26H2,1-11H3/t31-,32+,39-,40-,41+/m0/s1. The number of nitriles is 1. The highest BCUT2D eigenvalue weighted by molar-refractivity contribution is 6.21. The van der Waals surface area contributed by atoms with E-state index in [1.165, 1.54) is 4.90 Å². The number of rotatable bonds is 12. The first-order valence-corrected chi connectivity index (χ1v) is 17.7. The third-order valence-electron chi connectivity index (χ3n) is 13.7. The molecule has 2 aliphatic carbocycles. The molecule has 6 nitrogen and oxygen atoms in total. The van der Waals surface area contributed by atoms with Crippen LogP contribution >= 0.6 is 0 Å². The lowest BCUT2D eigenvalue weighted by Crippen LogP contribution is -2.60. The van der Waals surface area contributed by atoms with Crippen molar-refractivity contribution in [3.8, 4) is 6.07 Å². The molecule has 2 amide bonds. The van der Waals surface area contributed by atoms with Gasteiger partial charge in [-0.15, -0.1) is 0 Å². The average molecular weight is 643 g/mol. The summed E-state index contributed by atoms with van der Waals surface area (Å²) < 4.78 is 0. The van der Waals surface area contributed by atoms with Crippen LogP contribution in [0.2, 0.25) is 0 Å². The first kappa shape index (κ1) is 36.8. The quantitative estimate of drug-likeness (QED) is 0.212. The third-order valence-corrected chi connectivity index (χ3v) is 13.7. The Morgan fingerprint density at radius 1 is 0.936 bits per heavy atom. The van der Waals surface area contributed by atoms with Gasteiger partial charge in [0, 0.05) is 18.4 Å². The fraction of sp³-hybridized carbons (Fsp3) is 0.683. The molecule has 6 heteroatoms. The minimum absolute atomic E-state index is 0.0307. The second-order valence-electron chi connectivity index (χ2n) is 18.0. The molecule has 1 fully saturated rings. The lowest BCUT2D eigenvalue weighted by molar-refractivity contribution is -0.156. The SMILES string of the molecule is CCC(C)(C)CC[C@@](C)(CCC(C)(C)[C@]1(C)CC[C@H]2C(C)(C)C(=O)C(C#N)=C[C@]2(C)[C@H]1CC(C)=O)CN1C(=O)c2ccccc2C1=O. The van der Waals surface area contributed by atoms with Gasteiger partial charge in [0.25, 0.3) is 11.8 Å². The molecule has 1 saturated carbocycles. The van der Waals surface area contributed by atoms with Gasteiger partial charge < -0.3 is 4.79 Å². The second-order valence-corrected chi connectivity index (χ2v) is 18.0. The van der Waals surface area contributed by atoms with Crippen molar-refractivity contribution >= 4 is 23.4 Å². The minimum atomic E-state index is -0.688. The van der Waals surface area contributed by atoms with Gasteiger partial charge in [0.15, 0.2) is 5.78 Å². The van der Waals surface area contributed by atoms with Gasteiger partial charge in [0.1, 0.15) is 11.9 Å². The van der Waals surface area contributed by atoms with Crippen LogP contribution in [0.1, 0.15) is 148 Å². The van der Waals surface area contributed by atoms with E-state index in [0.717, 1.165) is 44.9 Å². The highest BCUT2D eigenvalue weighted by Gasteiger charge is 2.63. The molecule has 3 aliphatic rings. The summed E-state index contributed by atoms with van der Waals surface area (Å²) in [6.45, 7) is 24.1. The Bertz CT molecular complexity index is 1490. The number of allylic oxidation sites excluding steroid dienone is 2. The number of hydrogen-bond donors (Lipinski definition) is 0. The van der Waals surface area contributed by atoms with Crippen molar-refractivity contribution in [2.45, 2.75) is 128 Å². The number of hydrogen-bond acceptors (Lipinski definition) is 5. The number of carbonyl (C=O) groups excluding carboxylic acids is 4. The van der Waals surface area contributed by atoms with E-state index < -0.39 is 10.8 Å². The van der Waals surface area contributed by atoms with Gasteiger partial charge in [0.2, 0.25) is 0 Å². The number of Topliss-reactive ketones (excluding diaryl/α,β-unsaturated/α-hetero) is 2. The first-order chi connectivity index (χ1) is 21.6. The predicted molar refractivity (Wildman–Crippen MR) is 186 cm³/mol. The van der Waals surface area contributed by atoms with Gasteiger partial charge in [-0.1, -0.05) is 93.9 Å². The van der Waals surface area contributed by atoms with Crippen molar-refractivity contribution < 1.29 is 19.2 Å². The maximum Gasteiger partial charge on any atom is 0.261 e. The number of imide groups is 1. The highest BCUT2D eigenvalue weighted by Crippen LogP contribution is 2.68. The van der Waals surface area contributed by atoms with E-state index >= 15 is 0 Å². The van der Waals surface area contributed by atoms with Gasteiger partial charge in [-0.3, -0.25) is 19.3 Å². The first-order valence-electron chi connectivity index (χ1n) is 17.7. The average Bonchev–Trinajstić information content (AvgIpc) is 3.23. The molecule has 4 rings (SSSR count). The molecular formula is C41H58N2O4. The Labute approximate surface area is 283 Å². The molecular weight excluding hydrogens is 584 g/mol. The molecule has 1 aromatic carbocycles. The third kappa shape index (κ3) is 6.41. The van der Waals surface area contributed by atoms with Crippen LogP contribution in [0.5, 0.6) is 0 Å². The lowest BCUT2D eigenvalue weighted by Gasteiger charge is -2.64. The monoisotopic (exact) mass is 642 g/mol. The number of benzene rings is 1. The van der Waals surface area contributed by atoms with Crippen LogP contribution in [0, 0.1) is 55.7 Å². The molecule has 0 spiro atoms. The molecule has 0 unspecified atom stereocenters. The van der Waals surface area contributed by atoms with Crippen LogP contribution < -0.4 is 0 Å². The molecule has 0 radical (unpaired) electrons. The Balaban J connectivity index is 1.69. The number of ketones is 2. The fourth-order valence-electron chi connectivity index (χ4n) is 9.47. The van der Waals surface area contributed by atoms with Gasteiger partial charge >= 0.3 is 0 Å². The van der Waals surface area contributed by atoms with Gasteiger partial charge in [-0.05, 0) is 96.5 Å². The molecule has 256 valence electrons. The zero-order valence-corrected chi connectivity index (χ0v) is 30.9. The number of carbonyl (C=O) groups is 4. The maximum atomic E-state index is 13.5. The minimum Gasteiger partial charge on any atom is -0.300 e. The molecule has 1 heterocycles. The molecule has 0 bridgehead atoms. The summed E-state index contributed by atoms with van der Waals surface area (Å²) in [6, 6.07) is 9.31. The van der Waals surface area contributed by atoms with E-state index in [0.29, 0.717) is 24.1 Å². The normalized spacial score (nSPS) is 28.7. The summed E-state index contributed by atoms with van der Waals surface area (Å²) in [6.07, 6.45) is 8.62. The van der Waals surface area contributed by atoms with E-state index in [2.05, 4.69) is 61.5 Å². The Hall–Kier alpha value is -3.07. The van der Waals surface area contributed by atoms with Crippen LogP contribution in [0.25, 0.3) is 0 Å². The lowest BCUT2D eigenvalue weighted by atomic mass is 9.39. The fourth-order valence-corrected chi connectivity index (χ4v) is 9.47. The number of nitrogens with zero attached hydrogens (tertiary/aromatic N) is 2. The van der Waals surface area contributed by atoms with Crippen LogP contribution in [-0.2, 0) is 9.59 Å². The van der Waals surface area contributed by atoms with Crippen LogP contribution in [0.3, 0.4) is 0 Å². The Morgan fingerprint density at radius 2 is 1.49 bits per heavy atom. The summed E-state index contributed by atoms with van der Waals surface area (Å²) >= 11 is 0. The summed E-state index contributed by atoms with van der Waals surface area (Å²) in [7, 11) is 0. The van der Waals surface area contributed by atoms with Crippen LogP contribution in [0.4, 0.5) is 0 Å². The largest absolute Gasteiger partial charge is 0.300 e. The van der Waals surface area contributed by atoms with Gasteiger partial charge in [-0.25, -0.2) is 0 Å². The molecule has 0 saturated heterocycles. The molecule has 1 aliphatic heterocycles. The number of amides is 2. The van der Waals surface area contributed by atoms with Crippen molar-refractivity contribution in [1.29, 1.82) is 5.26 Å². The van der Waals surface area contributed by atoms with Crippen molar-refractivity contribution in [2.75, 3.05) is 6.54 Å². The number of fused-ring (bicyclic) bond motifs is 2. The van der Waals surface area contributed by atoms with Gasteiger partial charge in [-0.2, -0.15) is 5.26 Å². The molecule has 47 heavy (non-hydrogen) atoms. The summed E-state index contributed by atoms with van der Waals surface area (Å²) in [5.41, 5.74) is -0.656. The zero-order valence-electron chi connectivity index (χ0n) is 30.9. The van der Waals surface area contributed by atoms with Crippen molar-refractivity contribution in [2.24, 2.45) is 44.3 Å². The predicted octanol–water partition coefficient (Wildman–Crippen LogP) is 9.39. The smallest absolute Gasteiger partial charge is 0.261 e. The summed E-state index contributed by atoms with van der Waals surface area (Å²) in [4.78, 5) is 54.8. The molecule has 0 aromatic heterocycles. The highest BCUT2D eigenvalue weighted by atomic mass is 16.2. The van der Waals surface area contributed by atoms with Crippen LogP contribution in [0.15, 0.2) is 35.9 Å². The van der Waals surface area contributed by atoms with Gasteiger partial charge in [0.05, 0.1) is 16.7 Å². The van der Waals surface area contributed by atoms with E-state index in [-0.39, 0.29) is 62.4 Å². The van der Waals surface area contributed by atoms with E-state index in [9.17, 15) is 24.4 Å².